The van der Waals surface area contributed by atoms with Gasteiger partial charge in [-0.05, 0) is 59.3 Å². The number of benzene rings is 2. The van der Waals surface area contributed by atoms with Crippen molar-refractivity contribution in [1.82, 2.24) is 5.32 Å². The third-order valence-electron chi connectivity index (χ3n) is 2.68. The summed E-state index contributed by atoms with van der Waals surface area (Å²) in [4.78, 5) is 11.7. The van der Waals surface area contributed by atoms with Crippen LogP contribution in [0.5, 0.6) is 0 Å². The molecule has 0 aliphatic heterocycles. The summed E-state index contributed by atoms with van der Waals surface area (Å²) in [5.41, 5.74) is 3.09. The highest BCUT2D eigenvalue weighted by Gasteiger charge is 2.01. The number of aryl methyl sites for hydroxylation is 1. The number of rotatable bonds is 3. The number of hydrogen-bond acceptors (Lipinski definition) is 1. The van der Waals surface area contributed by atoms with Gasteiger partial charge < -0.3 is 10.6 Å². The van der Waals surface area contributed by atoms with Crippen LogP contribution in [0.1, 0.15) is 11.1 Å². The number of anilines is 1. The van der Waals surface area contributed by atoms with Crippen LogP contribution in [0.3, 0.4) is 0 Å². The Kier molecular flexibility index (Phi) is 4.79. The van der Waals surface area contributed by atoms with Crippen LogP contribution in [0.15, 0.2) is 48.5 Å². The quantitative estimate of drug-likeness (QED) is 0.795. The Balaban J connectivity index is 1.84. The topological polar surface area (TPSA) is 41.1 Å². The van der Waals surface area contributed by atoms with Gasteiger partial charge in [0.2, 0.25) is 0 Å². The van der Waals surface area contributed by atoms with Gasteiger partial charge in [-0.3, -0.25) is 0 Å². The minimum Gasteiger partial charge on any atom is -0.334 e. The van der Waals surface area contributed by atoms with Gasteiger partial charge in [0.05, 0.1) is 0 Å². The van der Waals surface area contributed by atoms with E-state index in [1.54, 1.807) is 0 Å². The van der Waals surface area contributed by atoms with Crippen LogP contribution in [-0.2, 0) is 6.54 Å². The largest absolute Gasteiger partial charge is 0.334 e. The average molecular weight is 366 g/mol. The smallest absolute Gasteiger partial charge is 0.319 e. The Hall–Kier alpha value is -1.56. The third kappa shape index (κ3) is 4.55. The first-order chi connectivity index (χ1) is 9.13. The number of carbonyl (C=O) groups is 1. The van der Waals surface area contributed by atoms with Crippen LogP contribution in [0, 0.1) is 10.5 Å². The second kappa shape index (κ2) is 6.56. The maximum Gasteiger partial charge on any atom is 0.319 e. The van der Waals surface area contributed by atoms with E-state index >= 15 is 0 Å². The standard InChI is InChI=1S/C15H15IN2O/c1-11-2-4-12(5-3-11)10-17-15(19)18-14-8-6-13(16)7-9-14/h2-9H,10H2,1H3,(H2,17,18,19). The molecule has 2 aromatic rings. The zero-order valence-electron chi connectivity index (χ0n) is 10.6. The van der Waals surface area contributed by atoms with Gasteiger partial charge in [0, 0.05) is 15.8 Å². The van der Waals surface area contributed by atoms with Gasteiger partial charge in [0.1, 0.15) is 0 Å². The van der Waals surface area contributed by atoms with Crippen LogP contribution in [0.2, 0.25) is 0 Å². The monoisotopic (exact) mass is 366 g/mol. The first kappa shape index (κ1) is 13.9. The molecule has 3 nitrogen and oxygen atoms in total. The number of nitrogens with one attached hydrogen (secondary N) is 2. The molecular weight excluding hydrogens is 351 g/mol. The lowest BCUT2D eigenvalue weighted by molar-refractivity contribution is 0.251. The summed E-state index contributed by atoms with van der Waals surface area (Å²) in [6.07, 6.45) is 0. The maximum atomic E-state index is 11.7. The number of carbonyl (C=O) groups excluding carboxylic acids is 1. The predicted octanol–water partition coefficient (Wildman–Crippen LogP) is 3.92. The van der Waals surface area contributed by atoms with E-state index in [-0.39, 0.29) is 6.03 Å². The Morgan fingerprint density at radius 2 is 1.68 bits per heavy atom. The lowest BCUT2D eigenvalue weighted by Crippen LogP contribution is -2.28. The molecule has 0 unspecified atom stereocenters. The molecule has 0 fully saturated rings. The second-order valence-electron chi connectivity index (χ2n) is 4.30. The van der Waals surface area contributed by atoms with Crippen LogP contribution >= 0.6 is 22.6 Å². The third-order valence-corrected chi connectivity index (χ3v) is 3.39. The van der Waals surface area contributed by atoms with E-state index in [1.165, 1.54) is 5.56 Å². The number of hydrogen-bond donors (Lipinski definition) is 2. The van der Waals surface area contributed by atoms with Crippen LogP contribution in [-0.4, -0.2) is 6.03 Å². The lowest BCUT2D eigenvalue weighted by atomic mass is 10.1. The van der Waals surface area contributed by atoms with Crippen molar-refractivity contribution in [1.29, 1.82) is 0 Å². The highest BCUT2D eigenvalue weighted by molar-refractivity contribution is 14.1. The molecule has 2 rings (SSSR count). The van der Waals surface area contributed by atoms with Gasteiger partial charge in [0.25, 0.3) is 0 Å². The molecule has 2 N–H and O–H groups in total. The summed E-state index contributed by atoms with van der Waals surface area (Å²) in [7, 11) is 0. The second-order valence-corrected chi connectivity index (χ2v) is 5.55. The van der Waals surface area contributed by atoms with E-state index < -0.39 is 0 Å². The summed E-state index contributed by atoms with van der Waals surface area (Å²) in [5.74, 6) is 0. The summed E-state index contributed by atoms with van der Waals surface area (Å²) >= 11 is 2.23. The number of urea groups is 1. The molecule has 98 valence electrons. The van der Waals surface area contributed by atoms with Crippen molar-refractivity contribution in [3.8, 4) is 0 Å². The van der Waals surface area contributed by atoms with Gasteiger partial charge in [0.15, 0.2) is 0 Å². The van der Waals surface area contributed by atoms with Crippen molar-refractivity contribution in [2.24, 2.45) is 0 Å². The van der Waals surface area contributed by atoms with Gasteiger partial charge in [-0.1, -0.05) is 29.8 Å². The highest BCUT2D eigenvalue weighted by Crippen LogP contribution is 2.11. The van der Waals surface area contributed by atoms with E-state index in [2.05, 4.69) is 33.2 Å². The normalized spacial score (nSPS) is 10.0. The molecule has 0 spiro atoms. The van der Waals surface area contributed by atoms with E-state index in [0.29, 0.717) is 6.54 Å². The van der Waals surface area contributed by atoms with E-state index in [9.17, 15) is 4.79 Å². The highest BCUT2D eigenvalue weighted by atomic mass is 127. The van der Waals surface area contributed by atoms with Crippen LogP contribution in [0.4, 0.5) is 10.5 Å². The molecule has 0 radical (unpaired) electrons. The van der Waals surface area contributed by atoms with Crippen LogP contribution in [0.25, 0.3) is 0 Å². The Bertz CT molecular complexity index is 549. The molecule has 2 aromatic carbocycles. The fourth-order valence-electron chi connectivity index (χ4n) is 1.60. The molecule has 0 atom stereocenters. The Morgan fingerprint density at radius 3 is 2.32 bits per heavy atom. The molecule has 0 aromatic heterocycles. The summed E-state index contributed by atoms with van der Waals surface area (Å²) in [6.45, 7) is 2.57. The molecule has 0 heterocycles. The first-order valence-electron chi connectivity index (χ1n) is 5.99. The fraction of sp³-hybridized carbons (Fsp3) is 0.133. The molecule has 0 saturated heterocycles. The lowest BCUT2D eigenvalue weighted by Gasteiger charge is -2.08. The van der Waals surface area contributed by atoms with Gasteiger partial charge in [-0.25, -0.2) is 4.79 Å². The van der Waals surface area contributed by atoms with Crippen molar-refractivity contribution >= 4 is 34.3 Å². The minimum absolute atomic E-state index is 0.193. The van der Waals surface area contributed by atoms with Crippen molar-refractivity contribution in [2.75, 3.05) is 5.32 Å². The maximum absolute atomic E-state index is 11.7. The van der Waals surface area contributed by atoms with Gasteiger partial charge in [-0.15, -0.1) is 0 Å². The van der Waals surface area contributed by atoms with Crippen LogP contribution < -0.4 is 10.6 Å². The zero-order chi connectivity index (χ0) is 13.7. The minimum atomic E-state index is -0.193. The number of halogens is 1. The van der Waals surface area contributed by atoms with E-state index in [4.69, 9.17) is 0 Å². The van der Waals surface area contributed by atoms with Crippen molar-refractivity contribution < 1.29 is 4.79 Å². The Labute approximate surface area is 126 Å². The van der Waals surface area contributed by atoms with E-state index in [1.807, 2.05) is 55.5 Å². The average Bonchev–Trinajstić information content (AvgIpc) is 2.41. The zero-order valence-corrected chi connectivity index (χ0v) is 12.8. The Morgan fingerprint density at radius 1 is 1.05 bits per heavy atom. The van der Waals surface area contributed by atoms with Crippen molar-refractivity contribution in [3.05, 3.63) is 63.2 Å². The van der Waals surface area contributed by atoms with E-state index in [0.717, 1.165) is 14.8 Å². The summed E-state index contributed by atoms with van der Waals surface area (Å²) in [5, 5.41) is 5.63. The fourth-order valence-corrected chi connectivity index (χ4v) is 1.96. The predicted molar refractivity (Wildman–Crippen MR) is 86.2 cm³/mol. The molecule has 0 saturated carbocycles. The molecule has 19 heavy (non-hydrogen) atoms. The molecular formula is C15H15IN2O. The summed E-state index contributed by atoms with van der Waals surface area (Å²) < 4.78 is 1.14. The molecule has 0 bridgehead atoms. The number of amides is 2. The van der Waals surface area contributed by atoms with Crippen molar-refractivity contribution in [2.45, 2.75) is 13.5 Å². The van der Waals surface area contributed by atoms with Gasteiger partial charge in [-0.2, -0.15) is 0 Å². The van der Waals surface area contributed by atoms with Crippen molar-refractivity contribution in [3.63, 3.8) is 0 Å². The molecule has 0 aliphatic carbocycles. The van der Waals surface area contributed by atoms with Gasteiger partial charge >= 0.3 is 6.03 Å². The molecule has 2 amide bonds. The molecule has 4 heteroatoms. The first-order valence-corrected chi connectivity index (χ1v) is 7.07. The SMILES string of the molecule is Cc1ccc(CNC(=O)Nc2ccc(I)cc2)cc1. The summed E-state index contributed by atoms with van der Waals surface area (Å²) in [6, 6.07) is 15.6. The molecule has 0 aliphatic rings.